The maximum atomic E-state index is 11.6. The lowest BCUT2D eigenvalue weighted by Gasteiger charge is -2.27. The van der Waals surface area contributed by atoms with Crippen LogP contribution in [0.2, 0.25) is 0 Å². The summed E-state index contributed by atoms with van der Waals surface area (Å²) < 4.78 is 10.8. The van der Waals surface area contributed by atoms with Crippen molar-refractivity contribution >= 4 is 5.97 Å². The van der Waals surface area contributed by atoms with Crippen molar-refractivity contribution in [2.24, 2.45) is 5.73 Å². The van der Waals surface area contributed by atoms with Gasteiger partial charge in [0.2, 0.25) is 0 Å². The van der Waals surface area contributed by atoms with Crippen LogP contribution in [0.15, 0.2) is 0 Å². The summed E-state index contributed by atoms with van der Waals surface area (Å²) in [6.45, 7) is 0.702. The molecule has 0 heterocycles. The Morgan fingerprint density at radius 2 is 2.00 bits per heavy atom. The zero-order valence-electron chi connectivity index (χ0n) is 10.8. The third-order valence-corrected chi connectivity index (χ3v) is 3.29. The van der Waals surface area contributed by atoms with Gasteiger partial charge in [0, 0.05) is 20.0 Å². The minimum absolute atomic E-state index is 0.0655. The van der Waals surface area contributed by atoms with Crippen LogP contribution >= 0.6 is 0 Å². The van der Waals surface area contributed by atoms with Gasteiger partial charge >= 0.3 is 5.97 Å². The molecule has 1 aliphatic carbocycles. The molecular formula is C13H25NO3. The molecule has 4 heteroatoms. The molecule has 1 fully saturated rings. The standard InChI is InChI=1S/C13H25NO3/c1-16-11-6-5-7-12(10-11)17-13(15)8-3-2-4-9-14/h11-12H,2-10,14H2,1H3. The molecule has 0 aliphatic heterocycles. The summed E-state index contributed by atoms with van der Waals surface area (Å²) in [5.41, 5.74) is 5.40. The van der Waals surface area contributed by atoms with Crippen molar-refractivity contribution in [2.45, 2.75) is 63.6 Å². The fourth-order valence-corrected chi connectivity index (χ4v) is 2.26. The van der Waals surface area contributed by atoms with Crippen LogP contribution in [0.4, 0.5) is 0 Å². The Morgan fingerprint density at radius 3 is 2.71 bits per heavy atom. The van der Waals surface area contributed by atoms with Crippen LogP contribution in [0, 0.1) is 0 Å². The summed E-state index contributed by atoms with van der Waals surface area (Å²) in [5.74, 6) is -0.0659. The Kier molecular flexibility index (Phi) is 7.21. The maximum Gasteiger partial charge on any atom is 0.306 e. The van der Waals surface area contributed by atoms with E-state index in [2.05, 4.69) is 0 Å². The first-order valence-corrected chi connectivity index (χ1v) is 6.68. The number of nitrogens with two attached hydrogens (primary N) is 1. The summed E-state index contributed by atoms with van der Waals surface area (Å²) >= 11 is 0. The Labute approximate surface area is 104 Å². The topological polar surface area (TPSA) is 61.5 Å². The van der Waals surface area contributed by atoms with Crippen LogP contribution < -0.4 is 5.73 Å². The number of rotatable bonds is 7. The number of hydrogen-bond donors (Lipinski definition) is 1. The molecule has 1 aliphatic rings. The SMILES string of the molecule is COC1CCCC(OC(=O)CCCCCN)C1. The lowest BCUT2D eigenvalue weighted by atomic mass is 9.95. The summed E-state index contributed by atoms with van der Waals surface area (Å²) in [6.07, 6.45) is 7.74. The van der Waals surface area contributed by atoms with Crippen molar-refractivity contribution in [3.05, 3.63) is 0 Å². The molecule has 17 heavy (non-hydrogen) atoms. The van der Waals surface area contributed by atoms with Gasteiger partial charge in [0.15, 0.2) is 0 Å². The molecule has 2 atom stereocenters. The van der Waals surface area contributed by atoms with Gasteiger partial charge in [-0.05, 0) is 38.6 Å². The third kappa shape index (κ3) is 6.03. The average molecular weight is 243 g/mol. The maximum absolute atomic E-state index is 11.6. The summed E-state index contributed by atoms with van der Waals surface area (Å²) in [7, 11) is 1.72. The molecule has 0 aromatic rings. The van der Waals surface area contributed by atoms with E-state index in [0.29, 0.717) is 13.0 Å². The number of esters is 1. The fraction of sp³-hybridized carbons (Fsp3) is 0.923. The van der Waals surface area contributed by atoms with Crippen LogP contribution in [-0.4, -0.2) is 31.8 Å². The van der Waals surface area contributed by atoms with E-state index in [0.717, 1.165) is 44.9 Å². The smallest absolute Gasteiger partial charge is 0.306 e. The number of carbonyl (C=O) groups excluding carboxylic acids is 1. The van der Waals surface area contributed by atoms with E-state index in [1.807, 2.05) is 0 Å². The van der Waals surface area contributed by atoms with Gasteiger partial charge in [-0.25, -0.2) is 0 Å². The van der Waals surface area contributed by atoms with Gasteiger partial charge < -0.3 is 15.2 Å². The highest BCUT2D eigenvalue weighted by atomic mass is 16.5. The Morgan fingerprint density at radius 1 is 1.24 bits per heavy atom. The van der Waals surface area contributed by atoms with Crippen LogP contribution in [0.5, 0.6) is 0 Å². The molecule has 0 saturated heterocycles. The van der Waals surface area contributed by atoms with Gasteiger partial charge in [-0.1, -0.05) is 6.42 Å². The second kappa shape index (κ2) is 8.48. The van der Waals surface area contributed by atoms with Gasteiger partial charge in [-0.2, -0.15) is 0 Å². The average Bonchev–Trinajstić information content (AvgIpc) is 2.35. The van der Waals surface area contributed by atoms with E-state index in [4.69, 9.17) is 15.2 Å². The van der Waals surface area contributed by atoms with Crippen molar-refractivity contribution in [2.75, 3.05) is 13.7 Å². The van der Waals surface area contributed by atoms with Crippen molar-refractivity contribution < 1.29 is 14.3 Å². The van der Waals surface area contributed by atoms with Crippen molar-refractivity contribution in [1.82, 2.24) is 0 Å². The van der Waals surface area contributed by atoms with Crippen molar-refractivity contribution in [3.63, 3.8) is 0 Å². The van der Waals surface area contributed by atoms with Crippen molar-refractivity contribution in [1.29, 1.82) is 0 Å². The number of methoxy groups -OCH3 is 1. The number of hydrogen-bond acceptors (Lipinski definition) is 4. The molecule has 2 N–H and O–H groups in total. The first kappa shape index (κ1) is 14.5. The highest BCUT2D eigenvalue weighted by Crippen LogP contribution is 2.23. The van der Waals surface area contributed by atoms with Gasteiger partial charge in [-0.3, -0.25) is 4.79 Å². The van der Waals surface area contributed by atoms with Crippen LogP contribution in [0.3, 0.4) is 0 Å². The molecule has 0 amide bonds. The zero-order valence-corrected chi connectivity index (χ0v) is 10.8. The summed E-state index contributed by atoms with van der Waals surface area (Å²) in [6, 6.07) is 0. The molecule has 1 rings (SSSR count). The fourth-order valence-electron chi connectivity index (χ4n) is 2.26. The minimum Gasteiger partial charge on any atom is -0.462 e. The highest BCUT2D eigenvalue weighted by molar-refractivity contribution is 5.69. The molecule has 1 saturated carbocycles. The van der Waals surface area contributed by atoms with E-state index in [9.17, 15) is 4.79 Å². The predicted octanol–water partition coefficient (Wildman–Crippen LogP) is 2.01. The van der Waals surface area contributed by atoms with Gasteiger partial charge in [0.05, 0.1) is 6.10 Å². The molecule has 0 aromatic heterocycles. The van der Waals surface area contributed by atoms with E-state index in [1.165, 1.54) is 0 Å². The monoisotopic (exact) mass is 243 g/mol. The normalized spacial score (nSPS) is 24.6. The molecule has 0 radical (unpaired) electrons. The summed E-state index contributed by atoms with van der Waals surface area (Å²) in [4.78, 5) is 11.6. The lowest BCUT2D eigenvalue weighted by molar-refractivity contribution is -0.152. The lowest BCUT2D eigenvalue weighted by Crippen LogP contribution is -2.29. The molecule has 0 bridgehead atoms. The first-order chi connectivity index (χ1) is 8.26. The molecule has 4 nitrogen and oxygen atoms in total. The van der Waals surface area contributed by atoms with Gasteiger partial charge in [-0.15, -0.1) is 0 Å². The van der Waals surface area contributed by atoms with Crippen LogP contribution in [-0.2, 0) is 14.3 Å². The number of unbranched alkanes of at least 4 members (excludes halogenated alkanes) is 2. The third-order valence-electron chi connectivity index (χ3n) is 3.29. The second-order valence-electron chi connectivity index (χ2n) is 4.74. The molecule has 0 spiro atoms. The molecule has 0 aromatic carbocycles. The second-order valence-corrected chi connectivity index (χ2v) is 4.74. The molecule has 2 unspecified atom stereocenters. The van der Waals surface area contributed by atoms with Crippen molar-refractivity contribution in [3.8, 4) is 0 Å². The van der Waals surface area contributed by atoms with E-state index in [-0.39, 0.29) is 18.2 Å². The largest absolute Gasteiger partial charge is 0.462 e. The van der Waals surface area contributed by atoms with Gasteiger partial charge in [0.25, 0.3) is 0 Å². The number of carbonyl (C=O) groups is 1. The van der Waals surface area contributed by atoms with E-state index < -0.39 is 0 Å². The summed E-state index contributed by atoms with van der Waals surface area (Å²) in [5, 5.41) is 0. The Balaban J connectivity index is 2.12. The van der Waals surface area contributed by atoms with Crippen LogP contribution in [0.1, 0.15) is 51.4 Å². The zero-order chi connectivity index (χ0) is 12.5. The Hall–Kier alpha value is -0.610. The van der Waals surface area contributed by atoms with Crippen LogP contribution in [0.25, 0.3) is 0 Å². The Bertz CT molecular complexity index is 221. The van der Waals surface area contributed by atoms with E-state index in [1.54, 1.807) is 7.11 Å². The molecular weight excluding hydrogens is 218 g/mol. The quantitative estimate of drug-likeness (QED) is 0.549. The predicted molar refractivity (Wildman–Crippen MR) is 66.7 cm³/mol. The van der Waals surface area contributed by atoms with Gasteiger partial charge in [0.1, 0.15) is 6.10 Å². The number of ether oxygens (including phenoxy) is 2. The molecule has 100 valence electrons. The first-order valence-electron chi connectivity index (χ1n) is 6.68. The minimum atomic E-state index is -0.0659. The highest BCUT2D eigenvalue weighted by Gasteiger charge is 2.24. The van der Waals surface area contributed by atoms with E-state index >= 15 is 0 Å².